The van der Waals surface area contributed by atoms with Crippen molar-refractivity contribution in [3.05, 3.63) is 233 Å². The number of benzene rings is 9. The molecular weight excluding hydrogens is 1020 g/mol. The Kier molecular flexibility index (Phi) is 11.1. The fourth-order valence-corrected chi connectivity index (χ4v) is 16.2. The monoisotopic (exact) mass is 1080 g/mol. The van der Waals surface area contributed by atoms with Crippen molar-refractivity contribution >= 4 is 127 Å². The molecule has 0 aliphatic rings. The van der Waals surface area contributed by atoms with E-state index in [1.807, 2.05) is 71.5 Å². The Hall–Kier alpha value is -8.13. The van der Waals surface area contributed by atoms with Gasteiger partial charge in [0.1, 0.15) is 35.2 Å². The van der Waals surface area contributed by atoms with Crippen molar-refractivity contribution < 1.29 is 21.9 Å². The molecule has 6 aromatic heterocycles. The van der Waals surface area contributed by atoms with Crippen LogP contribution in [0.2, 0.25) is 0 Å². The number of aryl methyl sites for hydroxylation is 10. The largest absolute Gasteiger partial charge is 0.230 e. The summed E-state index contributed by atoms with van der Waals surface area (Å²) < 4.78 is 61.7. The molecule has 6 heteroatoms. The summed E-state index contributed by atoms with van der Waals surface area (Å²) in [5.74, 6) is 0. The highest BCUT2D eigenvalue weighted by molar-refractivity contribution is 7.27. The molecule has 6 heterocycles. The molecule has 9 aromatic carbocycles. The number of rotatable bonds is 3. The van der Waals surface area contributed by atoms with Crippen molar-refractivity contribution in [3.63, 3.8) is 0 Å². The molecule has 0 fully saturated rings. The van der Waals surface area contributed by atoms with E-state index in [1.165, 1.54) is 107 Å². The number of thiophene rings is 3. The van der Waals surface area contributed by atoms with Crippen molar-refractivity contribution in [1.82, 2.24) is 0 Å². The van der Waals surface area contributed by atoms with E-state index in [9.17, 15) is 0 Å². The Labute approximate surface area is 482 Å². The molecule has 0 amide bonds. The van der Waals surface area contributed by atoms with Gasteiger partial charge in [-0.2, -0.15) is 13.7 Å². The molecule has 0 N–H and O–H groups in total. The molecule has 0 unspecified atom stereocenters. The molecule has 384 valence electrons. The molecule has 0 radical (unpaired) electrons. The first-order valence-corrected chi connectivity index (χ1v) is 29.2. The van der Waals surface area contributed by atoms with Gasteiger partial charge >= 0.3 is 0 Å². The number of hydrogen-bond donors (Lipinski definition) is 0. The molecule has 0 saturated carbocycles. The van der Waals surface area contributed by atoms with Crippen molar-refractivity contribution in [3.8, 4) is 33.8 Å². The molecule has 0 saturated heterocycles. The Morgan fingerprint density at radius 2 is 0.772 bits per heavy atom. The molecule has 0 atom stereocenters. The van der Waals surface area contributed by atoms with Gasteiger partial charge in [-0.1, -0.05) is 145 Å². The SMILES string of the molecule is Cc1ccc(-c2c3sc4ccc5ccccc5c4c3c(C)c[n+]2C)c(C)c1.Cc1ccccc1-c1c2sc3ccc4ccccc4c3c2cc[n+]1C.[2H]C([2H])([2H])c1ccc(-c2c3sc4ccc5ccccc5c4c3c(C([2H])([2H])[2H])c[n+]2C)c(C)c1. The second kappa shape index (κ2) is 20.0. The van der Waals surface area contributed by atoms with Crippen LogP contribution in [0.15, 0.2) is 195 Å². The second-order valence-electron chi connectivity index (χ2n) is 21.1. The molecule has 0 bridgehead atoms. The maximum Gasteiger partial charge on any atom is 0.230 e. The van der Waals surface area contributed by atoms with E-state index in [-0.39, 0.29) is 0 Å². The maximum absolute atomic E-state index is 8.25. The summed E-state index contributed by atoms with van der Waals surface area (Å²) in [6.45, 7) is 6.25. The van der Waals surface area contributed by atoms with Gasteiger partial charge in [-0.25, -0.2) is 0 Å². The molecule has 79 heavy (non-hydrogen) atoms. The third-order valence-corrected chi connectivity index (χ3v) is 19.3. The number of pyridine rings is 3. The summed E-state index contributed by atoms with van der Waals surface area (Å²) in [4.78, 5) is 0. The molecule has 0 aliphatic heterocycles. The molecule has 3 nitrogen and oxygen atoms in total. The highest BCUT2D eigenvalue weighted by Gasteiger charge is 2.26. The van der Waals surface area contributed by atoms with Crippen LogP contribution in [-0.4, -0.2) is 0 Å². The number of fused-ring (bicyclic) bond motifs is 15. The van der Waals surface area contributed by atoms with Crippen LogP contribution in [0.4, 0.5) is 0 Å². The van der Waals surface area contributed by atoms with Crippen molar-refractivity contribution in [2.75, 3.05) is 0 Å². The Bertz CT molecular complexity index is 5220. The first-order chi connectivity index (χ1) is 40.7. The van der Waals surface area contributed by atoms with Gasteiger partial charge in [-0.3, -0.25) is 0 Å². The van der Waals surface area contributed by atoms with Crippen molar-refractivity contribution in [2.45, 2.75) is 48.3 Å². The molecule has 15 rings (SSSR count). The zero-order valence-corrected chi connectivity index (χ0v) is 48.0. The van der Waals surface area contributed by atoms with E-state index in [0.29, 0.717) is 11.1 Å². The summed E-state index contributed by atoms with van der Waals surface area (Å²) in [5.41, 5.74) is 13.8. The van der Waals surface area contributed by atoms with E-state index < -0.39 is 13.7 Å². The average molecular weight is 1080 g/mol. The van der Waals surface area contributed by atoms with E-state index in [0.717, 1.165) is 47.8 Å². The standard InChI is InChI=1S/2C25H22NS.C23H18NS/c2*1-15-9-11-19(16(2)13-15)24-25-22(17(3)14-26(24)4)23-20-8-6-5-7-18(20)10-12-21(23)27-25;1-15-7-3-5-9-17(15)22-23-19(13-14-24(22)2)21-18-10-6-4-8-16(18)11-12-20(21)25-23/h2*5-14H,1-4H3;3-14H,1-2H3/q3*+1/i1D3,3D3;;. The van der Waals surface area contributed by atoms with Crippen LogP contribution in [0.3, 0.4) is 0 Å². The second-order valence-corrected chi connectivity index (χ2v) is 24.3. The Morgan fingerprint density at radius 1 is 0.329 bits per heavy atom. The summed E-state index contributed by atoms with van der Waals surface area (Å²) in [6.07, 6.45) is 6.18. The van der Waals surface area contributed by atoms with Crippen LogP contribution in [0, 0.1) is 48.3 Å². The van der Waals surface area contributed by atoms with Gasteiger partial charge in [-0.05, 0) is 134 Å². The third-order valence-electron chi connectivity index (χ3n) is 15.8. The van der Waals surface area contributed by atoms with Gasteiger partial charge in [0.15, 0.2) is 18.6 Å². The summed E-state index contributed by atoms with van der Waals surface area (Å²) in [7, 11) is 6.16. The lowest BCUT2D eigenvalue weighted by Crippen LogP contribution is -2.31. The van der Waals surface area contributed by atoms with E-state index in [1.54, 1.807) is 29.7 Å². The fraction of sp³-hybridized carbons (Fsp3) is 0.137. The summed E-state index contributed by atoms with van der Waals surface area (Å²) in [5, 5.41) is 14.7. The highest BCUT2D eigenvalue weighted by atomic mass is 32.1. The van der Waals surface area contributed by atoms with Gasteiger partial charge in [0.2, 0.25) is 17.1 Å². The highest BCUT2D eigenvalue weighted by Crippen LogP contribution is 2.46. The molecule has 15 aromatic rings. The van der Waals surface area contributed by atoms with E-state index in [2.05, 4.69) is 197 Å². The lowest BCUT2D eigenvalue weighted by molar-refractivity contribution is -0.659. The van der Waals surface area contributed by atoms with Crippen LogP contribution >= 0.6 is 34.0 Å². The zero-order chi connectivity index (χ0) is 59.4. The third kappa shape index (κ3) is 8.56. The fourth-order valence-electron chi connectivity index (χ4n) is 12.2. The molecule has 0 spiro atoms. The Morgan fingerprint density at radius 3 is 1.32 bits per heavy atom. The summed E-state index contributed by atoms with van der Waals surface area (Å²) >= 11 is 5.40. The number of nitrogens with zero attached hydrogens (tertiary/aromatic N) is 3. The first kappa shape index (κ1) is 43.8. The lowest BCUT2D eigenvalue weighted by atomic mass is 9.98. The van der Waals surface area contributed by atoms with E-state index in [4.69, 9.17) is 8.22 Å². The van der Waals surface area contributed by atoms with Gasteiger partial charge in [0, 0.05) is 71.8 Å². The minimum absolute atomic E-state index is 0.295. The van der Waals surface area contributed by atoms with Crippen LogP contribution in [0.1, 0.15) is 47.2 Å². The minimum atomic E-state index is -2.28. The number of hydrogen-bond acceptors (Lipinski definition) is 3. The smallest absolute Gasteiger partial charge is 0.200 e. The summed E-state index contributed by atoms with van der Waals surface area (Å²) in [6, 6.07) is 61.5. The zero-order valence-electron chi connectivity index (χ0n) is 51.5. The molecular formula is C73H62N3S3+3. The first-order valence-electron chi connectivity index (χ1n) is 29.7. The van der Waals surface area contributed by atoms with Gasteiger partial charge < -0.3 is 0 Å². The van der Waals surface area contributed by atoms with Crippen LogP contribution in [0.25, 0.3) is 127 Å². The van der Waals surface area contributed by atoms with Crippen LogP contribution in [-0.2, 0) is 21.1 Å². The van der Waals surface area contributed by atoms with Crippen molar-refractivity contribution in [2.24, 2.45) is 21.1 Å². The topological polar surface area (TPSA) is 11.6 Å². The average Bonchev–Trinajstić information content (AvgIpc) is 2.03. The predicted octanol–water partition coefficient (Wildman–Crippen LogP) is 19.3. The van der Waals surface area contributed by atoms with Crippen LogP contribution < -0.4 is 13.7 Å². The predicted molar refractivity (Wildman–Crippen MR) is 344 cm³/mol. The van der Waals surface area contributed by atoms with Gasteiger partial charge in [0.25, 0.3) is 0 Å². The lowest BCUT2D eigenvalue weighted by Gasteiger charge is -2.08. The maximum atomic E-state index is 8.25. The quantitative estimate of drug-likeness (QED) is 0.156. The Balaban J connectivity index is 0.000000120. The number of aromatic nitrogens is 3. The van der Waals surface area contributed by atoms with Crippen LogP contribution in [0.5, 0.6) is 0 Å². The van der Waals surface area contributed by atoms with Crippen molar-refractivity contribution in [1.29, 1.82) is 0 Å². The van der Waals surface area contributed by atoms with Gasteiger partial charge in [-0.15, -0.1) is 34.0 Å². The molecule has 0 aliphatic carbocycles. The normalized spacial score (nSPS) is 13.1. The minimum Gasteiger partial charge on any atom is -0.200 e. The van der Waals surface area contributed by atoms with Gasteiger partial charge in [0.05, 0.1) is 16.7 Å². The van der Waals surface area contributed by atoms with E-state index >= 15 is 0 Å².